The van der Waals surface area contributed by atoms with Crippen molar-refractivity contribution >= 4 is 0 Å². The highest BCUT2D eigenvalue weighted by Gasteiger charge is 2.09. The first-order chi connectivity index (χ1) is 7.08. The van der Waals surface area contributed by atoms with Gasteiger partial charge >= 0.3 is 0 Å². The zero-order chi connectivity index (χ0) is 11.1. The Hall–Kier alpha value is -1.06. The summed E-state index contributed by atoms with van der Waals surface area (Å²) in [5.74, 6) is 0.884. The Morgan fingerprint density at radius 2 is 1.80 bits per heavy atom. The van der Waals surface area contributed by atoms with E-state index >= 15 is 0 Å². The van der Waals surface area contributed by atoms with Crippen molar-refractivity contribution in [3.05, 3.63) is 30.3 Å². The molecule has 0 atom stereocenters. The Balaban J connectivity index is 2.08. The van der Waals surface area contributed by atoms with Crippen molar-refractivity contribution in [2.75, 3.05) is 13.2 Å². The van der Waals surface area contributed by atoms with Gasteiger partial charge in [-0.3, -0.25) is 4.84 Å². The van der Waals surface area contributed by atoms with Crippen molar-refractivity contribution in [1.82, 2.24) is 5.48 Å². The van der Waals surface area contributed by atoms with E-state index in [0.717, 1.165) is 5.75 Å². The molecular weight excluding hydrogens is 190 g/mol. The van der Waals surface area contributed by atoms with Crippen molar-refractivity contribution in [3.63, 3.8) is 0 Å². The van der Waals surface area contributed by atoms with Crippen LogP contribution in [0, 0.1) is 0 Å². The second kappa shape index (κ2) is 5.73. The largest absolute Gasteiger partial charge is 0.492 e. The number of nitrogens with one attached hydrogen (secondary N) is 1. The molecule has 0 saturated carbocycles. The first-order valence-electron chi connectivity index (χ1n) is 5.17. The number of rotatable bonds is 5. The molecule has 0 unspecified atom stereocenters. The summed E-state index contributed by atoms with van der Waals surface area (Å²) in [6, 6.07) is 9.74. The molecule has 0 bridgehead atoms. The van der Waals surface area contributed by atoms with Gasteiger partial charge in [-0.2, -0.15) is 5.48 Å². The normalized spacial score (nSPS) is 11.4. The molecule has 0 aromatic heterocycles. The van der Waals surface area contributed by atoms with Crippen LogP contribution in [0.15, 0.2) is 30.3 Å². The Morgan fingerprint density at radius 1 is 1.13 bits per heavy atom. The molecule has 1 N–H and O–H groups in total. The van der Waals surface area contributed by atoms with Crippen LogP contribution in [0.1, 0.15) is 20.8 Å². The Morgan fingerprint density at radius 3 is 2.40 bits per heavy atom. The van der Waals surface area contributed by atoms with E-state index in [9.17, 15) is 0 Å². The average Bonchev–Trinajstić information content (AvgIpc) is 2.17. The van der Waals surface area contributed by atoms with Crippen molar-refractivity contribution in [3.8, 4) is 5.75 Å². The van der Waals surface area contributed by atoms with Gasteiger partial charge < -0.3 is 4.74 Å². The lowest BCUT2D eigenvalue weighted by Gasteiger charge is -2.19. The van der Waals surface area contributed by atoms with Crippen LogP contribution in [0.2, 0.25) is 0 Å². The fourth-order valence-electron chi connectivity index (χ4n) is 0.995. The molecule has 0 aliphatic carbocycles. The summed E-state index contributed by atoms with van der Waals surface area (Å²) < 4.78 is 5.48. The first-order valence-corrected chi connectivity index (χ1v) is 5.17. The fraction of sp³-hybridized carbons (Fsp3) is 0.500. The van der Waals surface area contributed by atoms with Gasteiger partial charge in [0.1, 0.15) is 12.4 Å². The van der Waals surface area contributed by atoms with Crippen molar-refractivity contribution in [2.24, 2.45) is 0 Å². The van der Waals surface area contributed by atoms with Crippen molar-refractivity contribution in [1.29, 1.82) is 0 Å². The van der Waals surface area contributed by atoms with Crippen LogP contribution >= 0.6 is 0 Å². The predicted molar refractivity (Wildman–Crippen MR) is 60.8 cm³/mol. The molecule has 1 aromatic rings. The molecule has 0 saturated heterocycles. The van der Waals surface area contributed by atoms with Crippen molar-refractivity contribution < 1.29 is 9.57 Å². The minimum Gasteiger partial charge on any atom is -0.492 e. The monoisotopic (exact) mass is 209 g/mol. The zero-order valence-electron chi connectivity index (χ0n) is 9.62. The molecular formula is C12H19NO2. The maximum atomic E-state index is 5.48. The van der Waals surface area contributed by atoms with Gasteiger partial charge in [-0.25, -0.2) is 0 Å². The van der Waals surface area contributed by atoms with E-state index in [2.05, 4.69) is 5.48 Å². The molecule has 0 spiro atoms. The molecule has 1 aromatic carbocycles. The number of hydroxylamine groups is 1. The second-order valence-corrected chi connectivity index (χ2v) is 4.27. The molecule has 0 amide bonds. The van der Waals surface area contributed by atoms with E-state index in [1.54, 1.807) is 0 Å². The van der Waals surface area contributed by atoms with Crippen molar-refractivity contribution in [2.45, 2.75) is 26.4 Å². The summed E-state index contributed by atoms with van der Waals surface area (Å²) in [7, 11) is 0. The third-order valence-corrected chi connectivity index (χ3v) is 1.59. The molecule has 0 fully saturated rings. The quantitative estimate of drug-likeness (QED) is 0.596. The predicted octanol–water partition coefficient (Wildman–Crippen LogP) is 2.39. The third-order valence-electron chi connectivity index (χ3n) is 1.59. The summed E-state index contributed by atoms with van der Waals surface area (Å²) >= 11 is 0. The molecule has 3 heteroatoms. The Bertz CT molecular complexity index is 267. The van der Waals surface area contributed by atoms with E-state index in [1.807, 2.05) is 51.1 Å². The van der Waals surface area contributed by atoms with Crippen LogP contribution in [0.3, 0.4) is 0 Å². The van der Waals surface area contributed by atoms with Crippen LogP contribution < -0.4 is 10.2 Å². The zero-order valence-corrected chi connectivity index (χ0v) is 9.62. The van der Waals surface area contributed by atoms with Crippen LogP contribution in [0.25, 0.3) is 0 Å². The topological polar surface area (TPSA) is 30.5 Å². The maximum Gasteiger partial charge on any atom is 0.119 e. The number of hydrogen-bond donors (Lipinski definition) is 1. The van der Waals surface area contributed by atoms with Gasteiger partial charge in [0.15, 0.2) is 0 Å². The third kappa shape index (κ3) is 6.10. The van der Waals surface area contributed by atoms with E-state index in [4.69, 9.17) is 9.57 Å². The number of benzene rings is 1. The molecule has 0 aliphatic heterocycles. The highest BCUT2D eigenvalue weighted by molar-refractivity contribution is 5.20. The van der Waals surface area contributed by atoms with E-state index in [0.29, 0.717) is 13.2 Å². The SMILES string of the molecule is CC(C)(C)ONCCOc1ccccc1. The standard InChI is InChI=1S/C12H19NO2/c1-12(2,3)15-13-9-10-14-11-7-5-4-6-8-11/h4-8,13H,9-10H2,1-3H3. The summed E-state index contributed by atoms with van der Waals surface area (Å²) in [5.41, 5.74) is 2.71. The first kappa shape index (κ1) is 12.0. The van der Waals surface area contributed by atoms with E-state index in [-0.39, 0.29) is 5.60 Å². The Kier molecular flexibility index (Phi) is 4.59. The van der Waals surface area contributed by atoms with Crippen LogP contribution in [-0.4, -0.2) is 18.8 Å². The summed E-state index contributed by atoms with van der Waals surface area (Å²) in [4.78, 5) is 5.34. The van der Waals surface area contributed by atoms with E-state index < -0.39 is 0 Å². The van der Waals surface area contributed by atoms with Gasteiger partial charge in [0.05, 0.1) is 12.1 Å². The minimum atomic E-state index is -0.160. The molecule has 0 aliphatic rings. The lowest BCUT2D eigenvalue weighted by atomic mass is 10.2. The highest BCUT2D eigenvalue weighted by Crippen LogP contribution is 2.07. The van der Waals surface area contributed by atoms with Gasteiger partial charge in [-0.15, -0.1) is 0 Å². The maximum absolute atomic E-state index is 5.48. The smallest absolute Gasteiger partial charge is 0.119 e. The molecule has 0 heterocycles. The van der Waals surface area contributed by atoms with Crippen LogP contribution in [0.4, 0.5) is 0 Å². The lowest BCUT2D eigenvalue weighted by molar-refractivity contribution is -0.0749. The molecule has 1 rings (SSSR count). The van der Waals surface area contributed by atoms with Crippen LogP contribution in [0.5, 0.6) is 5.75 Å². The summed E-state index contributed by atoms with van der Waals surface area (Å²) in [5, 5.41) is 0. The summed E-state index contributed by atoms with van der Waals surface area (Å²) in [6.07, 6.45) is 0. The second-order valence-electron chi connectivity index (χ2n) is 4.27. The molecule has 84 valence electrons. The molecule has 3 nitrogen and oxygen atoms in total. The fourth-order valence-corrected chi connectivity index (χ4v) is 0.995. The van der Waals surface area contributed by atoms with E-state index in [1.165, 1.54) is 0 Å². The van der Waals surface area contributed by atoms with Gasteiger partial charge in [0, 0.05) is 0 Å². The van der Waals surface area contributed by atoms with Gasteiger partial charge in [0.2, 0.25) is 0 Å². The molecule has 0 radical (unpaired) electrons. The number of para-hydroxylation sites is 1. The highest BCUT2D eigenvalue weighted by atomic mass is 16.7. The lowest BCUT2D eigenvalue weighted by Crippen LogP contribution is -2.31. The van der Waals surface area contributed by atoms with Gasteiger partial charge in [-0.1, -0.05) is 18.2 Å². The minimum absolute atomic E-state index is 0.160. The van der Waals surface area contributed by atoms with Gasteiger partial charge in [-0.05, 0) is 32.9 Å². The average molecular weight is 209 g/mol. The van der Waals surface area contributed by atoms with Gasteiger partial charge in [0.25, 0.3) is 0 Å². The summed E-state index contributed by atoms with van der Waals surface area (Å²) in [6.45, 7) is 7.26. The number of ether oxygens (including phenoxy) is 1. The van der Waals surface area contributed by atoms with Crippen LogP contribution in [-0.2, 0) is 4.84 Å². The molecule has 15 heavy (non-hydrogen) atoms. The number of hydrogen-bond acceptors (Lipinski definition) is 3. The Labute approximate surface area is 91.4 Å².